The van der Waals surface area contributed by atoms with Crippen LogP contribution in [0.15, 0.2) is 18.2 Å². The van der Waals surface area contributed by atoms with E-state index in [4.69, 9.17) is 9.47 Å². The van der Waals surface area contributed by atoms with Crippen molar-refractivity contribution in [3.8, 4) is 11.5 Å². The van der Waals surface area contributed by atoms with E-state index in [9.17, 15) is 0 Å². The molecule has 0 bridgehead atoms. The predicted molar refractivity (Wildman–Crippen MR) is 70.3 cm³/mol. The van der Waals surface area contributed by atoms with Gasteiger partial charge in [0.25, 0.3) is 0 Å². The molecule has 2 aliphatic rings. The molecule has 18 heavy (non-hydrogen) atoms. The first-order valence-corrected chi connectivity index (χ1v) is 6.64. The Balaban J connectivity index is 1.89. The van der Waals surface area contributed by atoms with Crippen LogP contribution in [-0.2, 0) is 0 Å². The minimum atomic E-state index is 0.478. The Kier molecular flexibility index (Phi) is 3.39. The van der Waals surface area contributed by atoms with Crippen molar-refractivity contribution in [1.82, 2.24) is 10.2 Å². The summed E-state index contributed by atoms with van der Waals surface area (Å²) in [6.07, 6.45) is 1.07. The second kappa shape index (κ2) is 5.16. The molecular formula is C14H20N2O2. The number of methoxy groups -OCH3 is 1. The molecule has 1 unspecified atom stereocenters. The Morgan fingerprint density at radius 2 is 2.17 bits per heavy atom. The van der Waals surface area contributed by atoms with Crippen LogP contribution < -0.4 is 14.8 Å². The van der Waals surface area contributed by atoms with E-state index in [0.29, 0.717) is 6.04 Å². The third kappa shape index (κ3) is 2.18. The molecule has 0 amide bonds. The zero-order valence-electron chi connectivity index (χ0n) is 10.8. The van der Waals surface area contributed by atoms with Gasteiger partial charge in [-0.25, -0.2) is 0 Å². The lowest BCUT2D eigenvalue weighted by Gasteiger charge is -2.38. The topological polar surface area (TPSA) is 33.7 Å². The third-order valence-electron chi connectivity index (χ3n) is 3.82. The summed E-state index contributed by atoms with van der Waals surface area (Å²) < 4.78 is 11.1. The molecule has 1 fully saturated rings. The van der Waals surface area contributed by atoms with E-state index in [1.54, 1.807) is 7.11 Å². The van der Waals surface area contributed by atoms with E-state index in [0.717, 1.165) is 50.7 Å². The highest BCUT2D eigenvalue weighted by atomic mass is 16.5. The highest BCUT2D eigenvalue weighted by Gasteiger charge is 2.28. The van der Waals surface area contributed by atoms with E-state index < -0.39 is 0 Å². The average molecular weight is 248 g/mol. The number of fused-ring (bicyclic) bond motifs is 1. The summed E-state index contributed by atoms with van der Waals surface area (Å²) in [5.41, 5.74) is 1.28. The molecule has 2 aliphatic heterocycles. The van der Waals surface area contributed by atoms with Crippen LogP contribution in [0.2, 0.25) is 0 Å². The Hall–Kier alpha value is -1.26. The summed E-state index contributed by atoms with van der Waals surface area (Å²) in [6, 6.07) is 6.61. The molecule has 1 aromatic carbocycles. The highest BCUT2D eigenvalue weighted by Crippen LogP contribution is 2.38. The maximum atomic E-state index is 5.75. The number of piperazine rings is 1. The molecule has 1 atom stereocenters. The van der Waals surface area contributed by atoms with Crippen LogP contribution in [0, 0.1) is 0 Å². The Bertz CT molecular complexity index is 416. The van der Waals surface area contributed by atoms with Crippen molar-refractivity contribution in [2.45, 2.75) is 12.5 Å². The van der Waals surface area contributed by atoms with Gasteiger partial charge in [0.05, 0.1) is 13.7 Å². The summed E-state index contributed by atoms with van der Waals surface area (Å²) in [5, 5.41) is 3.40. The van der Waals surface area contributed by atoms with Crippen molar-refractivity contribution in [2.75, 3.05) is 39.9 Å². The zero-order valence-corrected chi connectivity index (χ0v) is 10.8. The minimum Gasteiger partial charge on any atom is -0.497 e. The fourth-order valence-corrected chi connectivity index (χ4v) is 2.85. The van der Waals surface area contributed by atoms with Crippen molar-refractivity contribution in [2.24, 2.45) is 0 Å². The Morgan fingerprint density at radius 3 is 2.94 bits per heavy atom. The molecule has 98 valence electrons. The fraction of sp³-hybridized carbons (Fsp3) is 0.571. The fourth-order valence-electron chi connectivity index (χ4n) is 2.85. The van der Waals surface area contributed by atoms with Crippen molar-refractivity contribution in [3.63, 3.8) is 0 Å². The maximum Gasteiger partial charge on any atom is 0.124 e. The smallest absolute Gasteiger partial charge is 0.124 e. The highest BCUT2D eigenvalue weighted by molar-refractivity contribution is 5.43. The van der Waals surface area contributed by atoms with E-state index in [2.05, 4.69) is 16.3 Å². The van der Waals surface area contributed by atoms with Gasteiger partial charge in [-0.15, -0.1) is 0 Å². The number of hydrogen-bond donors (Lipinski definition) is 1. The number of ether oxygens (including phenoxy) is 2. The Morgan fingerprint density at radius 1 is 1.33 bits per heavy atom. The molecule has 0 aliphatic carbocycles. The van der Waals surface area contributed by atoms with Gasteiger partial charge in [-0.05, 0) is 18.2 Å². The first kappa shape index (κ1) is 11.8. The predicted octanol–water partition coefficient (Wildman–Crippen LogP) is 1.42. The number of rotatable bonds is 2. The van der Waals surface area contributed by atoms with Gasteiger partial charge in [0.2, 0.25) is 0 Å². The monoisotopic (exact) mass is 248 g/mol. The maximum absolute atomic E-state index is 5.75. The number of benzene rings is 1. The quantitative estimate of drug-likeness (QED) is 0.858. The molecular weight excluding hydrogens is 228 g/mol. The van der Waals surface area contributed by atoms with Crippen LogP contribution in [0.25, 0.3) is 0 Å². The summed E-state index contributed by atoms with van der Waals surface area (Å²) >= 11 is 0. The summed E-state index contributed by atoms with van der Waals surface area (Å²) in [5.74, 6) is 1.94. The lowest BCUT2D eigenvalue weighted by molar-refractivity contribution is 0.126. The molecule has 2 heterocycles. The number of hydrogen-bond acceptors (Lipinski definition) is 4. The number of nitrogens with zero attached hydrogens (tertiary/aromatic N) is 1. The summed E-state index contributed by atoms with van der Waals surface area (Å²) in [6.45, 7) is 5.20. The summed E-state index contributed by atoms with van der Waals surface area (Å²) in [4.78, 5) is 2.55. The van der Waals surface area contributed by atoms with Crippen molar-refractivity contribution >= 4 is 0 Å². The molecule has 1 aromatic rings. The van der Waals surface area contributed by atoms with Gasteiger partial charge >= 0.3 is 0 Å². The van der Waals surface area contributed by atoms with Crippen LogP contribution in [0.1, 0.15) is 18.0 Å². The van der Waals surface area contributed by atoms with Crippen molar-refractivity contribution < 1.29 is 9.47 Å². The lowest BCUT2D eigenvalue weighted by Crippen LogP contribution is -2.46. The van der Waals surface area contributed by atoms with E-state index in [1.165, 1.54) is 5.56 Å². The van der Waals surface area contributed by atoms with Gasteiger partial charge in [0.15, 0.2) is 0 Å². The number of nitrogens with one attached hydrogen (secondary N) is 1. The molecule has 1 N–H and O–H groups in total. The molecule has 4 nitrogen and oxygen atoms in total. The van der Waals surface area contributed by atoms with Gasteiger partial charge in [0, 0.05) is 44.2 Å². The van der Waals surface area contributed by atoms with Gasteiger partial charge in [-0.3, -0.25) is 4.90 Å². The summed E-state index contributed by atoms with van der Waals surface area (Å²) in [7, 11) is 1.71. The van der Waals surface area contributed by atoms with Crippen LogP contribution in [0.4, 0.5) is 0 Å². The molecule has 1 saturated heterocycles. The average Bonchev–Trinajstić information content (AvgIpc) is 2.47. The minimum absolute atomic E-state index is 0.478. The zero-order chi connectivity index (χ0) is 12.4. The second-order valence-electron chi connectivity index (χ2n) is 4.84. The van der Waals surface area contributed by atoms with E-state index in [-0.39, 0.29) is 0 Å². The normalized spacial score (nSPS) is 24.2. The first-order chi connectivity index (χ1) is 8.88. The van der Waals surface area contributed by atoms with Crippen molar-refractivity contribution in [3.05, 3.63) is 23.8 Å². The van der Waals surface area contributed by atoms with Crippen LogP contribution >= 0.6 is 0 Å². The van der Waals surface area contributed by atoms with Crippen molar-refractivity contribution in [1.29, 1.82) is 0 Å². The third-order valence-corrected chi connectivity index (χ3v) is 3.82. The largest absolute Gasteiger partial charge is 0.497 e. The van der Waals surface area contributed by atoms with Gasteiger partial charge < -0.3 is 14.8 Å². The SMILES string of the molecule is COc1ccc2c(c1)C(N1CCNCC1)CCO2. The standard InChI is InChI=1S/C14H20N2O2/c1-17-11-2-3-14-12(10-11)13(4-9-18-14)16-7-5-15-6-8-16/h2-3,10,13,15H,4-9H2,1H3. The van der Waals surface area contributed by atoms with Crippen LogP contribution in [0.5, 0.6) is 11.5 Å². The van der Waals surface area contributed by atoms with Crippen LogP contribution in [0.3, 0.4) is 0 Å². The molecule has 4 heteroatoms. The van der Waals surface area contributed by atoms with Gasteiger partial charge in [-0.2, -0.15) is 0 Å². The molecule has 0 spiro atoms. The molecule has 0 aromatic heterocycles. The molecule has 0 radical (unpaired) electrons. The van der Waals surface area contributed by atoms with Crippen LogP contribution in [-0.4, -0.2) is 44.8 Å². The van der Waals surface area contributed by atoms with E-state index in [1.807, 2.05) is 12.1 Å². The van der Waals surface area contributed by atoms with Gasteiger partial charge in [0.1, 0.15) is 11.5 Å². The molecule has 0 saturated carbocycles. The Labute approximate surface area is 108 Å². The second-order valence-corrected chi connectivity index (χ2v) is 4.84. The first-order valence-electron chi connectivity index (χ1n) is 6.64. The lowest BCUT2D eigenvalue weighted by atomic mass is 9.98. The van der Waals surface area contributed by atoms with Gasteiger partial charge in [-0.1, -0.05) is 0 Å². The van der Waals surface area contributed by atoms with E-state index >= 15 is 0 Å². The molecule has 3 rings (SSSR count).